The van der Waals surface area contributed by atoms with Crippen LogP contribution >= 0.6 is 11.3 Å². The molecule has 1 atom stereocenters. The van der Waals surface area contributed by atoms with Crippen molar-refractivity contribution in [1.82, 2.24) is 4.90 Å². The molecule has 2 aliphatic rings. The van der Waals surface area contributed by atoms with E-state index in [0.717, 1.165) is 47.1 Å². The van der Waals surface area contributed by atoms with Crippen molar-refractivity contribution < 1.29 is 14.3 Å². The molecule has 140 valence electrons. The summed E-state index contributed by atoms with van der Waals surface area (Å²) in [6.07, 6.45) is 5.70. The molecule has 1 unspecified atom stereocenters. The second kappa shape index (κ2) is 7.56. The maximum Gasteiger partial charge on any atom is 0.268 e. The molecule has 2 aliphatic heterocycles. The zero-order chi connectivity index (χ0) is 18.8. The summed E-state index contributed by atoms with van der Waals surface area (Å²) < 4.78 is 5.93. The van der Waals surface area contributed by atoms with Crippen LogP contribution in [0, 0.1) is 0 Å². The van der Waals surface area contributed by atoms with E-state index in [0.29, 0.717) is 6.42 Å². The van der Waals surface area contributed by atoms with Crippen LogP contribution in [0.4, 0.5) is 5.69 Å². The summed E-state index contributed by atoms with van der Waals surface area (Å²) in [7, 11) is 1.78. The number of thiophene rings is 1. The predicted octanol–water partition coefficient (Wildman–Crippen LogP) is 3.35. The highest BCUT2D eigenvalue weighted by atomic mass is 32.1. The standard InChI is InChI=1S/C21H22N2O3S/c1-22-17-6-2-3-7-18(17)26-19(21(22)25)14-16-9-8-15(27-16)10-11-20(24)23-12-4-5-13-23/h2-3,6-11,19H,4-5,12-14H2,1H3/b11-10+. The number of hydrogen-bond acceptors (Lipinski definition) is 4. The van der Waals surface area contributed by atoms with E-state index in [1.807, 2.05) is 47.4 Å². The molecule has 0 spiro atoms. The van der Waals surface area contributed by atoms with Crippen LogP contribution in [0.1, 0.15) is 22.6 Å². The average molecular weight is 382 g/mol. The first-order valence-corrected chi connectivity index (χ1v) is 10.0. The molecule has 4 rings (SSSR count). The Balaban J connectivity index is 1.42. The van der Waals surface area contributed by atoms with Gasteiger partial charge in [-0.05, 0) is 43.2 Å². The summed E-state index contributed by atoms with van der Waals surface area (Å²) in [5.41, 5.74) is 0.800. The SMILES string of the molecule is CN1C(=O)C(Cc2ccc(/C=C/C(=O)N3CCCC3)s2)Oc2ccccc21. The quantitative estimate of drug-likeness (QED) is 0.762. The molecule has 2 aromatic rings. The number of likely N-dealkylation sites (tertiary alicyclic amines) is 1. The molecule has 0 saturated carbocycles. The van der Waals surface area contributed by atoms with E-state index in [4.69, 9.17) is 4.74 Å². The monoisotopic (exact) mass is 382 g/mol. The summed E-state index contributed by atoms with van der Waals surface area (Å²) in [5, 5.41) is 0. The van der Waals surface area contributed by atoms with E-state index < -0.39 is 6.10 Å². The third-order valence-corrected chi connectivity index (χ3v) is 6.05. The lowest BCUT2D eigenvalue weighted by atomic mass is 10.1. The van der Waals surface area contributed by atoms with Gasteiger partial charge in [-0.25, -0.2) is 0 Å². The van der Waals surface area contributed by atoms with Crippen LogP contribution in [-0.2, 0) is 16.0 Å². The molecule has 6 heteroatoms. The van der Waals surface area contributed by atoms with Crippen molar-refractivity contribution in [3.63, 3.8) is 0 Å². The van der Waals surface area contributed by atoms with Gasteiger partial charge >= 0.3 is 0 Å². The molecule has 3 heterocycles. The molecule has 27 heavy (non-hydrogen) atoms. The number of para-hydroxylation sites is 2. The minimum Gasteiger partial charge on any atom is -0.478 e. The lowest BCUT2D eigenvalue weighted by molar-refractivity contribution is -0.126. The van der Waals surface area contributed by atoms with Gasteiger partial charge in [-0.1, -0.05) is 12.1 Å². The van der Waals surface area contributed by atoms with Gasteiger partial charge in [-0.2, -0.15) is 0 Å². The van der Waals surface area contributed by atoms with Crippen molar-refractivity contribution in [3.8, 4) is 5.75 Å². The molecule has 0 radical (unpaired) electrons. The van der Waals surface area contributed by atoms with E-state index in [2.05, 4.69) is 0 Å². The number of fused-ring (bicyclic) bond motifs is 1. The van der Waals surface area contributed by atoms with Gasteiger partial charge in [0.25, 0.3) is 5.91 Å². The largest absolute Gasteiger partial charge is 0.478 e. The summed E-state index contributed by atoms with van der Waals surface area (Å²) in [6, 6.07) is 11.6. The van der Waals surface area contributed by atoms with Crippen molar-refractivity contribution in [2.75, 3.05) is 25.0 Å². The smallest absolute Gasteiger partial charge is 0.268 e. The van der Waals surface area contributed by atoms with Crippen molar-refractivity contribution in [2.45, 2.75) is 25.4 Å². The second-order valence-electron chi connectivity index (χ2n) is 6.85. The molecule has 1 aromatic carbocycles. The minimum atomic E-state index is -0.522. The van der Waals surface area contributed by atoms with Crippen molar-refractivity contribution in [3.05, 3.63) is 52.2 Å². The van der Waals surface area contributed by atoms with E-state index in [1.54, 1.807) is 29.4 Å². The van der Waals surface area contributed by atoms with Crippen LogP contribution in [-0.4, -0.2) is 43.0 Å². The number of amides is 2. The van der Waals surface area contributed by atoms with Crippen LogP contribution in [0.15, 0.2) is 42.5 Å². The van der Waals surface area contributed by atoms with Crippen LogP contribution in [0.2, 0.25) is 0 Å². The van der Waals surface area contributed by atoms with Gasteiger partial charge in [0.1, 0.15) is 5.75 Å². The Hall–Kier alpha value is -2.60. The van der Waals surface area contributed by atoms with Crippen LogP contribution in [0.3, 0.4) is 0 Å². The Labute approximate surface area is 162 Å². The van der Waals surface area contributed by atoms with E-state index in [-0.39, 0.29) is 11.8 Å². The van der Waals surface area contributed by atoms with Crippen LogP contribution in [0.25, 0.3) is 6.08 Å². The fourth-order valence-electron chi connectivity index (χ4n) is 3.47. The van der Waals surface area contributed by atoms with Crippen molar-refractivity contribution >= 4 is 34.9 Å². The van der Waals surface area contributed by atoms with E-state index in [1.165, 1.54) is 0 Å². The number of benzene rings is 1. The molecule has 5 nitrogen and oxygen atoms in total. The lowest BCUT2D eigenvalue weighted by Crippen LogP contribution is -2.44. The topological polar surface area (TPSA) is 49.9 Å². The van der Waals surface area contributed by atoms with E-state index >= 15 is 0 Å². The fourth-order valence-corrected chi connectivity index (χ4v) is 4.42. The third kappa shape index (κ3) is 3.76. The van der Waals surface area contributed by atoms with E-state index in [9.17, 15) is 9.59 Å². The number of rotatable bonds is 4. The molecular formula is C21H22N2O3S. The zero-order valence-corrected chi connectivity index (χ0v) is 16.1. The Morgan fingerprint density at radius 1 is 1.22 bits per heavy atom. The number of likely N-dealkylation sites (N-methyl/N-ethyl adjacent to an activating group) is 1. The Bertz CT molecular complexity index is 883. The first-order chi connectivity index (χ1) is 13.1. The van der Waals surface area contributed by atoms with Gasteiger partial charge in [-0.3, -0.25) is 9.59 Å². The molecular weight excluding hydrogens is 360 g/mol. The molecule has 0 bridgehead atoms. The van der Waals surface area contributed by atoms with Crippen molar-refractivity contribution in [2.24, 2.45) is 0 Å². The Morgan fingerprint density at radius 3 is 2.81 bits per heavy atom. The zero-order valence-electron chi connectivity index (χ0n) is 15.3. The third-order valence-electron chi connectivity index (χ3n) is 4.98. The van der Waals surface area contributed by atoms with Gasteiger partial charge in [0, 0.05) is 42.4 Å². The predicted molar refractivity (Wildman–Crippen MR) is 107 cm³/mol. The van der Waals surface area contributed by atoms with Gasteiger partial charge in [0.2, 0.25) is 5.91 Å². The van der Waals surface area contributed by atoms with Crippen molar-refractivity contribution in [1.29, 1.82) is 0 Å². The molecule has 0 N–H and O–H groups in total. The Morgan fingerprint density at radius 2 is 2.00 bits per heavy atom. The van der Waals surface area contributed by atoms with Crippen LogP contribution in [0.5, 0.6) is 5.75 Å². The summed E-state index contributed by atoms with van der Waals surface area (Å²) in [6.45, 7) is 1.71. The summed E-state index contributed by atoms with van der Waals surface area (Å²) >= 11 is 1.59. The van der Waals surface area contributed by atoms with Gasteiger partial charge in [0.15, 0.2) is 6.10 Å². The lowest BCUT2D eigenvalue weighted by Gasteiger charge is -2.31. The maximum atomic E-state index is 12.6. The molecule has 2 amide bonds. The number of ether oxygens (including phenoxy) is 1. The number of nitrogens with zero attached hydrogens (tertiary/aromatic N) is 2. The van der Waals surface area contributed by atoms with Crippen LogP contribution < -0.4 is 9.64 Å². The highest BCUT2D eigenvalue weighted by Crippen LogP contribution is 2.34. The first kappa shape index (κ1) is 17.8. The molecule has 1 saturated heterocycles. The van der Waals surface area contributed by atoms with Gasteiger partial charge in [0.05, 0.1) is 5.69 Å². The number of carbonyl (C=O) groups is 2. The maximum absolute atomic E-state index is 12.6. The number of anilines is 1. The summed E-state index contributed by atoms with van der Waals surface area (Å²) in [5.74, 6) is 0.771. The first-order valence-electron chi connectivity index (χ1n) is 9.21. The number of carbonyl (C=O) groups excluding carboxylic acids is 2. The average Bonchev–Trinajstić information content (AvgIpc) is 3.36. The molecule has 1 aromatic heterocycles. The minimum absolute atomic E-state index is 0.0385. The highest BCUT2D eigenvalue weighted by molar-refractivity contribution is 7.12. The van der Waals surface area contributed by atoms with Gasteiger partial charge < -0.3 is 14.5 Å². The highest BCUT2D eigenvalue weighted by Gasteiger charge is 2.32. The van der Waals surface area contributed by atoms with Gasteiger partial charge in [-0.15, -0.1) is 11.3 Å². The Kier molecular flexibility index (Phi) is 4.99. The fraction of sp³-hybridized carbons (Fsp3) is 0.333. The summed E-state index contributed by atoms with van der Waals surface area (Å²) in [4.78, 5) is 30.3. The second-order valence-corrected chi connectivity index (χ2v) is 8.05. The molecule has 1 fully saturated rings. The number of hydrogen-bond donors (Lipinski definition) is 0. The molecule has 0 aliphatic carbocycles. The normalized spacial score (nSPS) is 19.4.